The Morgan fingerprint density at radius 3 is 2.49 bits per heavy atom. The lowest BCUT2D eigenvalue weighted by Gasteiger charge is -2.54. The number of benzene rings is 1. The first kappa shape index (κ1) is 31.6. The van der Waals surface area contributed by atoms with Crippen LogP contribution in [0, 0.1) is 22.6 Å². The number of aromatic nitrogens is 3. The molecule has 1 aliphatic carbocycles. The molecule has 11 heteroatoms. The van der Waals surface area contributed by atoms with Crippen LogP contribution in [0.15, 0.2) is 24.5 Å². The topological polar surface area (TPSA) is 104 Å². The van der Waals surface area contributed by atoms with Gasteiger partial charge in [0.1, 0.15) is 17.9 Å². The van der Waals surface area contributed by atoms with Gasteiger partial charge >= 0.3 is 0 Å². The van der Waals surface area contributed by atoms with Crippen molar-refractivity contribution >= 4 is 17.6 Å². The fourth-order valence-corrected chi connectivity index (χ4v) is 8.20. The zero-order valence-corrected chi connectivity index (χ0v) is 27.4. The average molecular weight is 622 g/mol. The van der Waals surface area contributed by atoms with Crippen molar-refractivity contribution in [2.75, 3.05) is 44.2 Å². The Balaban J connectivity index is 1.04. The van der Waals surface area contributed by atoms with Gasteiger partial charge in [0.2, 0.25) is 5.91 Å². The van der Waals surface area contributed by atoms with Crippen molar-refractivity contribution in [3.8, 4) is 11.6 Å². The maximum Gasteiger partial charge on any atom is 0.282 e. The van der Waals surface area contributed by atoms with Crippen LogP contribution in [0.25, 0.3) is 0 Å². The van der Waals surface area contributed by atoms with Gasteiger partial charge in [0.25, 0.3) is 11.8 Å². The number of nitrogens with zero attached hydrogens (tertiary/aromatic N) is 6. The number of carbonyl (C=O) groups is 2. The van der Waals surface area contributed by atoms with Crippen LogP contribution in [0.4, 0.5) is 10.2 Å². The van der Waals surface area contributed by atoms with E-state index in [1.807, 2.05) is 20.8 Å². The average Bonchev–Trinajstić information content (AvgIpc) is 3.21. The van der Waals surface area contributed by atoms with E-state index in [1.165, 1.54) is 37.4 Å². The molecule has 3 aliphatic heterocycles. The van der Waals surface area contributed by atoms with Gasteiger partial charge in [-0.1, -0.05) is 13.8 Å². The number of ether oxygens (including phenoxy) is 1. The SMILES string of the molecule is CCN(C(=O)c1cc(F)ccc1Oc1nncnc1N1CC2(CCN(C[C@H]3CC[C@]4(CC3)CC(C)(C)C(=O)N4)CC2)C1)C(C)C. The zero-order valence-electron chi connectivity index (χ0n) is 27.4. The van der Waals surface area contributed by atoms with E-state index in [0.717, 1.165) is 64.8 Å². The standard InChI is InChI=1S/C34H48FN7O3/c1-6-42(23(2)3)30(43)26-17-25(35)7-8-27(26)45-29-28(36-22-37-39-29)41-20-33(21-41)13-15-40(16-14-33)18-24-9-11-34(12-10-24)19-32(4,5)31(44)38-34/h7-8,17,22-24H,6,9-16,18-21H2,1-5H3,(H,38,44)/t24-,34-. The predicted octanol–water partition coefficient (Wildman–Crippen LogP) is 5.05. The van der Waals surface area contributed by atoms with E-state index in [1.54, 1.807) is 4.90 Å². The van der Waals surface area contributed by atoms with Gasteiger partial charge in [0.05, 0.1) is 5.56 Å². The molecule has 0 radical (unpaired) electrons. The first-order valence-electron chi connectivity index (χ1n) is 16.7. The van der Waals surface area contributed by atoms with Gasteiger partial charge in [-0.05, 0) is 103 Å². The molecule has 10 nitrogen and oxygen atoms in total. The van der Waals surface area contributed by atoms with Crippen molar-refractivity contribution < 1.29 is 18.7 Å². The Morgan fingerprint density at radius 1 is 1.16 bits per heavy atom. The number of likely N-dealkylation sites (tertiary alicyclic amines) is 1. The van der Waals surface area contributed by atoms with Crippen LogP contribution < -0.4 is 15.0 Å². The lowest BCUT2D eigenvalue weighted by atomic mass is 9.70. The minimum atomic E-state index is -0.502. The van der Waals surface area contributed by atoms with E-state index in [-0.39, 0.29) is 51.4 Å². The summed E-state index contributed by atoms with van der Waals surface area (Å²) in [6.45, 7) is 15.5. The highest BCUT2D eigenvalue weighted by molar-refractivity contribution is 5.97. The van der Waals surface area contributed by atoms with Gasteiger partial charge in [-0.3, -0.25) is 9.59 Å². The van der Waals surface area contributed by atoms with Crippen molar-refractivity contribution in [3.63, 3.8) is 0 Å². The van der Waals surface area contributed by atoms with E-state index < -0.39 is 5.82 Å². The van der Waals surface area contributed by atoms with Crippen LogP contribution in [-0.4, -0.2) is 87.6 Å². The summed E-state index contributed by atoms with van der Waals surface area (Å²) in [4.78, 5) is 36.7. The van der Waals surface area contributed by atoms with Crippen molar-refractivity contribution in [2.45, 2.75) is 91.1 Å². The van der Waals surface area contributed by atoms with Crippen LogP contribution >= 0.6 is 0 Å². The predicted molar refractivity (Wildman–Crippen MR) is 170 cm³/mol. The van der Waals surface area contributed by atoms with Gasteiger partial charge in [-0.25, -0.2) is 9.37 Å². The van der Waals surface area contributed by atoms with E-state index in [2.05, 4.69) is 44.1 Å². The Hall–Kier alpha value is -3.34. The highest BCUT2D eigenvalue weighted by Gasteiger charge is 2.50. The van der Waals surface area contributed by atoms with Gasteiger partial charge < -0.3 is 24.8 Å². The third kappa shape index (κ3) is 6.37. The van der Waals surface area contributed by atoms with Gasteiger partial charge in [-0.15, -0.1) is 10.2 Å². The smallest absolute Gasteiger partial charge is 0.282 e. The summed E-state index contributed by atoms with van der Waals surface area (Å²) >= 11 is 0. The zero-order chi connectivity index (χ0) is 32.0. The molecule has 45 heavy (non-hydrogen) atoms. The molecule has 4 heterocycles. The quantitative estimate of drug-likeness (QED) is 0.437. The third-order valence-corrected chi connectivity index (χ3v) is 10.8. The van der Waals surface area contributed by atoms with Gasteiger partial charge in [-0.2, -0.15) is 0 Å². The number of piperidine rings is 1. The fraction of sp³-hybridized carbons (Fsp3) is 0.676. The summed E-state index contributed by atoms with van der Waals surface area (Å²) in [5.74, 6) is 1.16. The molecular formula is C34H48FN7O3. The molecule has 4 fully saturated rings. The highest BCUT2D eigenvalue weighted by Crippen LogP contribution is 2.47. The second-order valence-corrected chi connectivity index (χ2v) is 14.9. The summed E-state index contributed by atoms with van der Waals surface area (Å²) in [7, 11) is 0. The van der Waals surface area contributed by atoms with E-state index in [0.29, 0.717) is 18.3 Å². The first-order chi connectivity index (χ1) is 21.4. The molecule has 1 aromatic carbocycles. The second-order valence-electron chi connectivity index (χ2n) is 14.9. The second kappa shape index (κ2) is 12.1. The van der Waals surface area contributed by atoms with Crippen LogP contribution in [-0.2, 0) is 4.79 Å². The number of nitrogens with one attached hydrogen (secondary N) is 1. The number of hydrogen-bond donors (Lipinski definition) is 1. The molecule has 4 aliphatic rings. The Kier molecular flexibility index (Phi) is 8.52. The molecule has 6 rings (SSSR count). The molecule has 2 amide bonds. The minimum absolute atomic E-state index is 0.0224. The minimum Gasteiger partial charge on any atom is -0.434 e. The first-order valence-corrected chi connectivity index (χ1v) is 16.7. The lowest BCUT2D eigenvalue weighted by molar-refractivity contribution is -0.126. The molecular weight excluding hydrogens is 573 g/mol. The molecule has 0 bridgehead atoms. The number of halogens is 1. The summed E-state index contributed by atoms with van der Waals surface area (Å²) in [6.07, 6.45) is 9.21. The molecule has 1 aromatic heterocycles. The van der Waals surface area contributed by atoms with Gasteiger partial charge in [0.15, 0.2) is 5.82 Å². The monoisotopic (exact) mass is 621 g/mol. The number of anilines is 1. The van der Waals surface area contributed by atoms with Crippen molar-refractivity contribution in [1.29, 1.82) is 0 Å². The molecule has 0 atom stereocenters. The maximum atomic E-state index is 14.3. The van der Waals surface area contributed by atoms with Crippen molar-refractivity contribution in [2.24, 2.45) is 16.7 Å². The van der Waals surface area contributed by atoms with Crippen LogP contribution in [0.3, 0.4) is 0 Å². The van der Waals surface area contributed by atoms with Crippen LogP contribution in [0.1, 0.15) is 89.9 Å². The summed E-state index contributed by atoms with van der Waals surface area (Å²) in [5.41, 5.74) is 0.172. The number of hydrogen-bond acceptors (Lipinski definition) is 8. The van der Waals surface area contributed by atoms with Crippen molar-refractivity contribution in [3.05, 3.63) is 35.9 Å². The molecule has 2 spiro atoms. The molecule has 244 valence electrons. The van der Waals surface area contributed by atoms with E-state index in [9.17, 15) is 14.0 Å². The molecule has 3 saturated heterocycles. The Bertz CT molecular complexity index is 1410. The van der Waals surface area contributed by atoms with Crippen LogP contribution in [0.2, 0.25) is 0 Å². The Morgan fingerprint density at radius 2 is 1.87 bits per heavy atom. The van der Waals surface area contributed by atoms with Crippen LogP contribution in [0.5, 0.6) is 11.6 Å². The highest BCUT2D eigenvalue weighted by atomic mass is 19.1. The van der Waals surface area contributed by atoms with Crippen molar-refractivity contribution in [1.82, 2.24) is 30.3 Å². The molecule has 1 saturated carbocycles. The largest absolute Gasteiger partial charge is 0.434 e. The Labute approximate surface area is 266 Å². The van der Waals surface area contributed by atoms with E-state index in [4.69, 9.17) is 4.74 Å². The number of carbonyl (C=O) groups excluding carboxylic acids is 2. The van der Waals surface area contributed by atoms with E-state index >= 15 is 0 Å². The van der Waals surface area contributed by atoms with Gasteiger partial charge in [0, 0.05) is 48.6 Å². The molecule has 2 aromatic rings. The fourth-order valence-electron chi connectivity index (χ4n) is 8.20. The number of rotatable bonds is 8. The maximum absolute atomic E-state index is 14.3. The summed E-state index contributed by atoms with van der Waals surface area (Å²) in [5, 5.41) is 11.5. The normalized spacial score (nSPS) is 25.8. The lowest BCUT2D eigenvalue weighted by Crippen LogP contribution is -2.61. The summed E-state index contributed by atoms with van der Waals surface area (Å²) in [6, 6.07) is 3.93. The molecule has 1 N–H and O–H groups in total. The number of amides is 2. The summed E-state index contributed by atoms with van der Waals surface area (Å²) < 4.78 is 20.4. The third-order valence-electron chi connectivity index (χ3n) is 10.8. The molecule has 0 unspecified atom stereocenters.